The van der Waals surface area contributed by atoms with Gasteiger partial charge in [-0.15, -0.1) is 0 Å². The van der Waals surface area contributed by atoms with Crippen LogP contribution >= 0.6 is 11.3 Å². The van der Waals surface area contributed by atoms with Crippen LogP contribution in [0.15, 0.2) is 42.5 Å². The highest BCUT2D eigenvalue weighted by atomic mass is 32.1. The first-order chi connectivity index (χ1) is 11.5. The van der Waals surface area contributed by atoms with Gasteiger partial charge in [0.25, 0.3) is 11.6 Å². The van der Waals surface area contributed by atoms with Crippen LogP contribution in [0.4, 0.5) is 16.5 Å². The maximum Gasteiger partial charge on any atom is 0.293 e. The number of benzene rings is 2. The monoisotopic (exact) mass is 342 g/mol. The third-order valence-electron chi connectivity index (χ3n) is 3.43. The van der Waals surface area contributed by atoms with E-state index in [2.05, 4.69) is 10.3 Å². The van der Waals surface area contributed by atoms with Crippen molar-refractivity contribution < 1.29 is 9.72 Å². The Morgan fingerprint density at radius 2 is 2.00 bits per heavy atom. The summed E-state index contributed by atoms with van der Waals surface area (Å²) in [5.41, 5.74) is 1.34. The molecule has 1 heterocycles. The molecule has 0 saturated heterocycles. The largest absolute Gasteiger partial charge is 0.372 e. The normalized spacial score (nSPS) is 10.6. The minimum Gasteiger partial charge on any atom is -0.372 e. The Balaban J connectivity index is 1.89. The first-order valence-corrected chi connectivity index (χ1v) is 7.90. The number of hydrogen-bond donors (Lipinski definition) is 1. The highest BCUT2D eigenvalue weighted by Gasteiger charge is 2.19. The molecular weight excluding hydrogens is 328 g/mol. The number of carbonyl (C=O) groups excluding carboxylic acids is 1. The van der Waals surface area contributed by atoms with E-state index in [1.807, 2.05) is 24.3 Å². The number of fused-ring (bicyclic) bond motifs is 1. The first-order valence-electron chi connectivity index (χ1n) is 7.08. The van der Waals surface area contributed by atoms with E-state index in [9.17, 15) is 14.9 Å². The molecule has 0 unspecified atom stereocenters. The van der Waals surface area contributed by atoms with Gasteiger partial charge in [-0.25, -0.2) is 4.98 Å². The molecule has 1 aromatic heterocycles. The molecule has 0 aliphatic carbocycles. The molecule has 2 aromatic carbocycles. The predicted molar refractivity (Wildman–Crippen MR) is 95.0 cm³/mol. The van der Waals surface area contributed by atoms with Crippen LogP contribution in [0.25, 0.3) is 10.2 Å². The van der Waals surface area contributed by atoms with E-state index in [0.717, 1.165) is 10.2 Å². The van der Waals surface area contributed by atoms with E-state index in [-0.39, 0.29) is 11.3 Å². The number of para-hydroxylation sites is 1. The Bertz CT molecular complexity index is 903. The van der Waals surface area contributed by atoms with Crippen LogP contribution in [0.1, 0.15) is 10.4 Å². The standard InChI is InChI=1S/C16H14N4O3S/c1-19(2)12-8-7-10(9-13(12)20(22)23)15(21)18-16-17-11-5-3-4-6-14(11)24-16/h3-9H,1-2H3,(H,17,18,21). The summed E-state index contributed by atoms with van der Waals surface area (Å²) in [6.07, 6.45) is 0. The smallest absolute Gasteiger partial charge is 0.293 e. The van der Waals surface area contributed by atoms with Crippen molar-refractivity contribution in [1.82, 2.24) is 4.98 Å². The number of nitro benzene ring substituents is 1. The van der Waals surface area contributed by atoms with Gasteiger partial charge in [0.15, 0.2) is 5.13 Å². The maximum atomic E-state index is 12.4. The summed E-state index contributed by atoms with van der Waals surface area (Å²) in [6.45, 7) is 0. The SMILES string of the molecule is CN(C)c1ccc(C(=O)Nc2nc3ccccc3s2)cc1[N+](=O)[O-]. The molecule has 0 spiro atoms. The Morgan fingerprint density at radius 1 is 1.25 bits per heavy atom. The molecule has 0 atom stereocenters. The molecule has 3 rings (SSSR count). The summed E-state index contributed by atoms with van der Waals surface area (Å²) in [7, 11) is 3.42. The number of nitrogens with zero attached hydrogens (tertiary/aromatic N) is 3. The number of thiazole rings is 1. The molecular formula is C16H14N4O3S. The highest BCUT2D eigenvalue weighted by molar-refractivity contribution is 7.22. The summed E-state index contributed by atoms with van der Waals surface area (Å²) in [6, 6.07) is 11.9. The van der Waals surface area contributed by atoms with Crippen LogP contribution in [0.3, 0.4) is 0 Å². The van der Waals surface area contributed by atoms with Gasteiger partial charge in [-0.3, -0.25) is 20.2 Å². The van der Waals surface area contributed by atoms with Gasteiger partial charge in [-0.2, -0.15) is 0 Å². The summed E-state index contributed by atoms with van der Waals surface area (Å²) < 4.78 is 0.960. The first kappa shape index (κ1) is 15.9. The summed E-state index contributed by atoms with van der Waals surface area (Å²) in [5.74, 6) is -0.428. The number of amides is 1. The summed E-state index contributed by atoms with van der Waals surface area (Å²) in [5, 5.41) is 14.4. The lowest BCUT2D eigenvalue weighted by atomic mass is 10.1. The molecule has 0 bridgehead atoms. The van der Waals surface area contributed by atoms with Crippen molar-refractivity contribution in [2.45, 2.75) is 0 Å². The molecule has 122 valence electrons. The van der Waals surface area contributed by atoms with Gasteiger partial charge in [0.05, 0.1) is 15.1 Å². The highest BCUT2D eigenvalue weighted by Crippen LogP contribution is 2.29. The maximum absolute atomic E-state index is 12.4. The fraction of sp³-hybridized carbons (Fsp3) is 0.125. The Morgan fingerprint density at radius 3 is 2.67 bits per heavy atom. The van der Waals surface area contributed by atoms with Crippen LogP contribution in [0, 0.1) is 10.1 Å². The molecule has 0 fully saturated rings. The van der Waals surface area contributed by atoms with E-state index in [1.54, 1.807) is 31.1 Å². The molecule has 0 aliphatic heterocycles. The zero-order chi connectivity index (χ0) is 17.3. The van der Waals surface area contributed by atoms with Gasteiger partial charge in [0.1, 0.15) is 5.69 Å². The molecule has 24 heavy (non-hydrogen) atoms. The van der Waals surface area contributed by atoms with E-state index in [0.29, 0.717) is 10.8 Å². The van der Waals surface area contributed by atoms with Gasteiger partial charge in [0, 0.05) is 25.7 Å². The second-order valence-corrected chi connectivity index (χ2v) is 6.33. The van der Waals surface area contributed by atoms with Crippen LogP contribution in [0.2, 0.25) is 0 Å². The fourth-order valence-corrected chi connectivity index (χ4v) is 3.14. The lowest BCUT2D eigenvalue weighted by Gasteiger charge is -2.13. The summed E-state index contributed by atoms with van der Waals surface area (Å²) >= 11 is 1.35. The molecule has 0 radical (unpaired) electrons. The number of carbonyl (C=O) groups is 1. The molecule has 1 amide bonds. The van der Waals surface area contributed by atoms with Gasteiger partial charge < -0.3 is 4.90 Å². The van der Waals surface area contributed by atoms with Gasteiger partial charge in [-0.1, -0.05) is 23.5 Å². The second-order valence-electron chi connectivity index (χ2n) is 5.30. The Labute approximate surface area is 141 Å². The van der Waals surface area contributed by atoms with E-state index >= 15 is 0 Å². The van der Waals surface area contributed by atoms with Gasteiger partial charge in [-0.05, 0) is 24.3 Å². The number of rotatable bonds is 4. The van der Waals surface area contributed by atoms with E-state index < -0.39 is 10.8 Å². The fourth-order valence-electron chi connectivity index (χ4n) is 2.28. The predicted octanol–water partition coefficient (Wildman–Crippen LogP) is 3.52. The van der Waals surface area contributed by atoms with Crippen LogP contribution in [-0.2, 0) is 0 Å². The van der Waals surface area contributed by atoms with Gasteiger partial charge >= 0.3 is 0 Å². The number of anilines is 2. The van der Waals surface area contributed by atoms with E-state index in [4.69, 9.17) is 0 Å². The quantitative estimate of drug-likeness (QED) is 0.579. The van der Waals surface area contributed by atoms with Crippen molar-refractivity contribution in [3.05, 3.63) is 58.1 Å². The molecule has 0 aliphatic rings. The second kappa shape index (κ2) is 6.25. The van der Waals surface area contributed by atoms with Crippen LogP contribution in [0.5, 0.6) is 0 Å². The van der Waals surface area contributed by atoms with Crippen molar-refractivity contribution in [2.75, 3.05) is 24.3 Å². The lowest BCUT2D eigenvalue weighted by molar-refractivity contribution is -0.384. The Kier molecular flexibility index (Phi) is 4.13. The molecule has 0 saturated carbocycles. The Hall–Kier alpha value is -3.00. The minimum absolute atomic E-state index is 0.114. The van der Waals surface area contributed by atoms with Crippen LogP contribution < -0.4 is 10.2 Å². The van der Waals surface area contributed by atoms with Crippen LogP contribution in [-0.4, -0.2) is 29.9 Å². The summed E-state index contributed by atoms with van der Waals surface area (Å²) in [4.78, 5) is 29.0. The third-order valence-corrected chi connectivity index (χ3v) is 4.38. The van der Waals surface area contributed by atoms with Crippen molar-refractivity contribution in [1.29, 1.82) is 0 Å². The lowest BCUT2D eigenvalue weighted by Crippen LogP contribution is -2.14. The van der Waals surface area contributed by atoms with Crippen molar-refractivity contribution in [2.24, 2.45) is 0 Å². The molecule has 7 nitrogen and oxygen atoms in total. The zero-order valence-electron chi connectivity index (χ0n) is 13.0. The number of aromatic nitrogens is 1. The molecule has 8 heteroatoms. The van der Waals surface area contributed by atoms with Gasteiger partial charge in [0.2, 0.25) is 0 Å². The number of hydrogen-bond acceptors (Lipinski definition) is 6. The molecule has 1 N–H and O–H groups in total. The van der Waals surface area contributed by atoms with Crippen molar-refractivity contribution >= 4 is 44.0 Å². The van der Waals surface area contributed by atoms with Crippen molar-refractivity contribution in [3.63, 3.8) is 0 Å². The number of nitro groups is 1. The average molecular weight is 342 g/mol. The average Bonchev–Trinajstić information content (AvgIpc) is 2.96. The zero-order valence-corrected chi connectivity index (χ0v) is 13.8. The van der Waals surface area contributed by atoms with Crippen molar-refractivity contribution in [3.8, 4) is 0 Å². The third kappa shape index (κ3) is 3.04. The topological polar surface area (TPSA) is 88.4 Å². The minimum atomic E-state index is -0.496. The van der Waals surface area contributed by atoms with E-state index in [1.165, 1.54) is 17.4 Å². The number of nitrogens with one attached hydrogen (secondary N) is 1. The molecule has 3 aromatic rings.